The number of carbonyl (C=O) groups excluding carboxylic acids is 1. The number of carbonyl (C=O) groups is 1. The zero-order valence-corrected chi connectivity index (χ0v) is 18.3. The van der Waals surface area contributed by atoms with Crippen molar-refractivity contribution in [1.29, 1.82) is 0 Å². The fourth-order valence-electron chi connectivity index (χ4n) is 3.47. The molecule has 1 atom stereocenters. The second kappa shape index (κ2) is 7.47. The molecule has 0 bridgehead atoms. The first-order chi connectivity index (χ1) is 14.8. The predicted octanol–water partition coefficient (Wildman–Crippen LogP) is 6.42. The van der Waals surface area contributed by atoms with Gasteiger partial charge in [-0.05, 0) is 67.3 Å². The molecule has 1 aliphatic rings. The predicted molar refractivity (Wildman–Crippen MR) is 112 cm³/mol. The molecule has 1 N–H and O–H groups in total. The van der Waals surface area contributed by atoms with E-state index in [2.05, 4.69) is 10.3 Å². The Morgan fingerprint density at radius 3 is 2.34 bits per heavy atom. The third kappa shape index (κ3) is 4.14. The zero-order chi connectivity index (χ0) is 23.4. The maximum atomic E-state index is 14.0. The summed E-state index contributed by atoms with van der Waals surface area (Å²) in [5.41, 5.74) is 2.16. The second-order valence-corrected chi connectivity index (χ2v) is 8.75. The van der Waals surface area contributed by atoms with Gasteiger partial charge in [0.25, 0.3) is 5.91 Å². The van der Waals surface area contributed by atoms with Gasteiger partial charge < -0.3 is 14.8 Å². The van der Waals surface area contributed by atoms with Crippen LogP contribution in [0.1, 0.15) is 38.4 Å². The molecular weight excluding hydrogens is 448 g/mol. The maximum Gasteiger partial charge on any atom is 0.435 e. The van der Waals surface area contributed by atoms with Gasteiger partial charge in [0.05, 0.1) is 5.01 Å². The number of hydrogen-bond acceptors (Lipinski definition) is 5. The van der Waals surface area contributed by atoms with Crippen LogP contribution in [0.15, 0.2) is 30.3 Å². The Morgan fingerprint density at radius 2 is 1.72 bits per heavy atom. The van der Waals surface area contributed by atoms with E-state index in [0.717, 1.165) is 16.7 Å². The van der Waals surface area contributed by atoms with Crippen LogP contribution in [0.2, 0.25) is 0 Å². The Labute approximate surface area is 185 Å². The maximum absolute atomic E-state index is 14.0. The third-order valence-corrected chi connectivity index (χ3v) is 5.84. The van der Waals surface area contributed by atoms with Crippen molar-refractivity contribution in [1.82, 2.24) is 4.98 Å². The van der Waals surface area contributed by atoms with Gasteiger partial charge in [0.2, 0.25) is 0 Å². The van der Waals surface area contributed by atoms with Gasteiger partial charge in [0, 0.05) is 12.6 Å². The first kappa shape index (κ1) is 22.1. The van der Waals surface area contributed by atoms with Crippen molar-refractivity contribution in [2.75, 3.05) is 5.32 Å². The Morgan fingerprint density at radius 1 is 1.06 bits per heavy atom. The molecule has 3 aromatic rings. The number of benzene rings is 2. The first-order valence-corrected chi connectivity index (χ1v) is 10.3. The number of halogens is 4. The Kier molecular flexibility index (Phi) is 5.15. The largest absolute Gasteiger partial charge is 0.435 e. The minimum atomic E-state index is -4.72. The fraction of sp³-hybridized carbons (Fsp3) is 0.273. The summed E-state index contributed by atoms with van der Waals surface area (Å²) in [6.45, 7) is 6.14. The van der Waals surface area contributed by atoms with Crippen LogP contribution in [0.4, 0.5) is 23.2 Å². The summed E-state index contributed by atoms with van der Waals surface area (Å²) in [6, 6.07) is 6.19. The summed E-state index contributed by atoms with van der Waals surface area (Å²) in [5.74, 6) is -0.302. The molecule has 0 fully saturated rings. The number of anilines is 1. The van der Waals surface area contributed by atoms with Crippen molar-refractivity contribution in [2.45, 2.75) is 39.9 Å². The average molecular weight is 466 g/mol. The molecular formula is C22H18F4N2O3S. The van der Waals surface area contributed by atoms with Crippen LogP contribution in [0.25, 0.3) is 11.1 Å². The monoisotopic (exact) mass is 466 g/mol. The fourth-order valence-corrected chi connectivity index (χ4v) is 4.30. The van der Waals surface area contributed by atoms with E-state index >= 15 is 0 Å². The van der Waals surface area contributed by atoms with E-state index in [4.69, 9.17) is 9.47 Å². The molecule has 5 nitrogen and oxygen atoms in total. The summed E-state index contributed by atoms with van der Waals surface area (Å²) < 4.78 is 63.8. The highest BCUT2D eigenvalue weighted by molar-refractivity contribution is 7.13. The lowest BCUT2D eigenvalue weighted by atomic mass is 9.97. The van der Waals surface area contributed by atoms with Gasteiger partial charge in [-0.15, -0.1) is 11.3 Å². The molecule has 2 aromatic carbocycles. The van der Waals surface area contributed by atoms with Crippen LogP contribution < -0.4 is 14.8 Å². The van der Waals surface area contributed by atoms with Crippen LogP contribution in [0.3, 0.4) is 0 Å². The van der Waals surface area contributed by atoms with Crippen LogP contribution in [-0.2, 0) is 6.18 Å². The third-order valence-electron chi connectivity index (χ3n) is 4.87. The average Bonchev–Trinajstić information content (AvgIpc) is 3.20. The number of amides is 1. The lowest BCUT2D eigenvalue weighted by molar-refractivity contribution is -0.173. The normalized spacial score (nSPS) is 17.5. The lowest BCUT2D eigenvalue weighted by Gasteiger charge is -2.13. The van der Waals surface area contributed by atoms with E-state index in [0.29, 0.717) is 28.3 Å². The number of hydrogen-bond donors (Lipinski definition) is 1. The Balaban J connectivity index is 1.62. The Bertz CT molecular complexity index is 1230. The first-order valence-electron chi connectivity index (χ1n) is 9.52. The lowest BCUT2D eigenvalue weighted by Crippen LogP contribution is -2.27. The summed E-state index contributed by atoms with van der Waals surface area (Å²) in [7, 11) is 0. The van der Waals surface area contributed by atoms with Gasteiger partial charge in [-0.25, -0.2) is 4.98 Å². The van der Waals surface area contributed by atoms with Crippen molar-refractivity contribution < 1.29 is 31.8 Å². The van der Waals surface area contributed by atoms with Crippen LogP contribution >= 0.6 is 11.3 Å². The highest BCUT2D eigenvalue weighted by Gasteiger charge is 2.39. The summed E-state index contributed by atoms with van der Waals surface area (Å²) in [4.78, 5) is 15.5. The number of nitrogens with one attached hydrogen (secondary N) is 1. The standard InChI is InChI=1S/C22H18F4N2O3S/c1-10-8-16-17(31-21(4,23)30-16)9-14(10)13-5-6-15(11(2)7-13)28-20(29)18-19(22(24,25)26)27-12(3)32-18/h5-9H,1-4H3,(H,28,29). The SMILES string of the molecule is Cc1nc(C(F)(F)F)c(C(=O)Nc2ccc(-c3cc4c(cc3C)OC(C)(F)O4)cc2C)s1. The van der Waals surface area contributed by atoms with Gasteiger partial charge in [0.15, 0.2) is 17.2 Å². The van der Waals surface area contributed by atoms with Gasteiger partial charge in [0.1, 0.15) is 4.88 Å². The van der Waals surface area contributed by atoms with E-state index in [9.17, 15) is 22.4 Å². The molecule has 32 heavy (non-hydrogen) atoms. The summed E-state index contributed by atoms with van der Waals surface area (Å²) in [5, 5.41) is 2.69. The highest BCUT2D eigenvalue weighted by atomic mass is 32.1. The second-order valence-electron chi connectivity index (χ2n) is 7.55. The van der Waals surface area contributed by atoms with Crippen LogP contribution in [0.5, 0.6) is 11.5 Å². The smallest absolute Gasteiger partial charge is 0.423 e. The molecule has 1 aromatic heterocycles. The molecule has 1 amide bonds. The molecule has 0 spiro atoms. The Hall–Kier alpha value is -3.14. The molecule has 0 aliphatic carbocycles. The van der Waals surface area contributed by atoms with E-state index in [1.165, 1.54) is 13.8 Å². The molecule has 0 radical (unpaired) electrons. The van der Waals surface area contributed by atoms with Gasteiger partial charge in [-0.1, -0.05) is 6.07 Å². The van der Waals surface area contributed by atoms with Gasteiger partial charge in [-0.2, -0.15) is 17.6 Å². The minimum absolute atomic E-state index is 0.150. The van der Waals surface area contributed by atoms with Gasteiger partial charge in [-0.3, -0.25) is 4.79 Å². The number of aromatic nitrogens is 1. The van der Waals surface area contributed by atoms with E-state index in [1.807, 2.05) is 6.92 Å². The molecule has 10 heteroatoms. The molecule has 2 heterocycles. The number of thiazole rings is 1. The molecule has 4 rings (SSSR count). The summed E-state index contributed by atoms with van der Waals surface area (Å²) in [6.07, 6.45) is -4.72. The van der Waals surface area contributed by atoms with Crippen molar-refractivity contribution in [2.24, 2.45) is 0 Å². The zero-order valence-electron chi connectivity index (χ0n) is 17.5. The number of nitrogens with zero attached hydrogens (tertiary/aromatic N) is 1. The van der Waals surface area contributed by atoms with Crippen molar-refractivity contribution in [3.63, 3.8) is 0 Å². The van der Waals surface area contributed by atoms with Crippen molar-refractivity contribution in [3.8, 4) is 22.6 Å². The molecule has 0 saturated heterocycles. The van der Waals surface area contributed by atoms with Crippen LogP contribution in [-0.4, -0.2) is 16.9 Å². The quantitative estimate of drug-likeness (QED) is 0.453. The molecule has 1 aliphatic heterocycles. The number of rotatable bonds is 3. The number of aryl methyl sites for hydroxylation is 3. The van der Waals surface area contributed by atoms with E-state index in [-0.39, 0.29) is 10.8 Å². The van der Waals surface area contributed by atoms with E-state index < -0.39 is 28.7 Å². The molecule has 168 valence electrons. The van der Waals surface area contributed by atoms with Crippen molar-refractivity contribution in [3.05, 3.63) is 57.0 Å². The van der Waals surface area contributed by atoms with Gasteiger partial charge >= 0.3 is 12.2 Å². The van der Waals surface area contributed by atoms with E-state index in [1.54, 1.807) is 37.3 Å². The van der Waals surface area contributed by atoms with Crippen LogP contribution in [0, 0.1) is 20.8 Å². The highest BCUT2D eigenvalue weighted by Crippen LogP contribution is 2.44. The van der Waals surface area contributed by atoms with Crippen molar-refractivity contribution >= 4 is 22.9 Å². The molecule has 0 saturated carbocycles. The topological polar surface area (TPSA) is 60.5 Å². The summed E-state index contributed by atoms with van der Waals surface area (Å²) >= 11 is 0.688. The molecule has 1 unspecified atom stereocenters. The minimum Gasteiger partial charge on any atom is -0.423 e. The number of fused-ring (bicyclic) bond motifs is 1. The number of alkyl halides is 4. The number of ether oxygens (including phenoxy) is 2.